The average Bonchev–Trinajstić information content (AvgIpc) is 2.86. The Hall–Kier alpha value is -2.53. The van der Waals surface area contributed by atoms with Crippen LogP contribution in [0.25, 0.3) is 6.08 Å². The highest BCUT2D eigenvalue weighted by atomic mass is 32.2. The quantitative estimate of drug-likeness (QED) is 0.780. The Bertz CT molecular complexity index is 848. The minimum atomic E-state index is -0.376. The highest BCUT2D eigenvalue weighted by molar-refractivity contribution is 8.18. The molecule has 2 aromatic rings. The molecular weight excluding hydrogens is 334 g/mol. The van der Waals surface area contributed by atoms with Gasteiger partial charge >= 0.3 is 0 Å². The predicted molar refractivity (Wildman–Crippen MR) is 101 cm³/mol. The van der Waals surface area contributed by atoms with Crippen molar-refractivity contribution in [3.05, 3.63) is 64.6 Å². The summed E-state index contributed by atoms with van der Waals surface area (Å²) in [4.78, 5) is 23.4. The van der Waals surface area contributed by atoms with Crippen LogP contribution in [0.2, 0.25) is 0 Å². The standard InChI is InChI=1S/C20H19NO3S/c1-20(2,3)14-8-10-15(11-9-14)24-16-7-5-4-6-13(16)12-17-18(22)21-19(23)25-17/h4-12H,1-3H3,(H,21,22,23)/b17-12+. The molecule has 1 aliphatic rings. The van der Waals surface area contributed by atoms with Crippen molar-refractivity contribution < 1.29 is 14.3 Å². The van der Waals surface area contributed by atoms with Gasteiger partial charge in [-0.3, -0.25) is 14.9 Å². The van der Waals surface area contributed by atoms with E-state index in [0.29, 0.717) is 10.7 Å². The van der Waals surface area contributed by atoms with E-state index in [9.17, 15) is 9.59 Å². The van der Waals surface area contributed by atoms with Crippen molar-refractivity contribution in [2.24, 2.45) is 0 Å². The number of hydrogen-bond acceptors (Lipinski definition) is 4. The molecule has 25 heavy (non-hydrogen) atoms. The molecule has 3 rings (SSSR count). The Morgan fingerprint density at radius 2 is 1.68 bits per heavy atom. The molecule has 0 spiro atoms. The van der Waals surface area contributed by atoms with Gasteiger partial charge < -0.3 is 4.74 Å². The lowest BCUT2D eigenvalue weighted by atomic mass is 9.87. The summed E-state index contributed by atoms with van der Waals surface area (Å²) in [6.45, 7) is 6.49. The molecule has 1 aliphatic heterocycles. The van der Waals surface area contributed by atoms with Crippen LogP contribution in [0.1, 0.15) is 31.9 Å². The number of ether oxygens (including phenoxy) is 1. The molecule has 1 heterocycles. The Morgan fingerprint density at radius 1 is 1.00 bits per heavy atom. The lowest BCUT2D eigenvalue weighted by Crippen LogP contribution is -2.17. The normalized spacial score (nSPS) is 16.2. The molecule has 0 aliphatic carbocycles. The van der Waals surface area contributed by atoms with E-state index in [1.807, 2.05) is 36.4 Å². The van der Waals surface area contributed by atoms with Crippen LogP contribution in [0.5, 0.6) is 11.5 Å². The summed E-state index contributed by atoms with van der Waals surface area (Å²) >= 11 is 0.894. The van der Waals surface area contributed by atoms with Crippen LogP contribution in [0.15, 0.2) is 53.4 Å². The molecule has 2 aromatic carbocycles. The van der Waals surface area contributed by atoms with Crippen molar-refractivity contribution in [1.82, 2.24) is 5.32 Å². The van der Waals surface area contributed by atoms with Gasteiger partial charge in [-0.15, -0.1) is 0 Å². The molecule has 0 radical (unpaired) electrons. The van der Waals surface area contributed by atoms with Crippen molar-refractivity contribution in [2.45, 2.75) is 26.2 Å². The summed E-state index contributed by atoms with van der Waals surface area (Å²) in [5.41, 5.74) is 2.06. The molecular formula is C20H19NO3S. The first-order valence-electron chi connectivity index (χ1n) is 7.95. The van der Waals surface area contributed by atoms with Crippen LogP contribution in [-0.2, 0) is 10.2 Å². The number of rotatable bonds is 3. The van der Waals surface area contributed by atoms with E-state index in [2.05, 4.69) is 38.2 Å². The fraction of sp³-hybridized carbons (Fsp3) is 0.200. The van der Waals surface area contributed by atoms with Crippen LogP contribution in [0.3, 0.4) is 0 Å². The van der Waals surface area contributed by atoms with Gasteiger partial charge in [0.2, 0.25) is 0 Å². The molecule has 0 atom stereocenters. The van der Waals surface area contributed by atoms with Crippen molar-refractivity contribution >= 4 is 29.0 Å². The largest absolute Gasteiger partial charge is 0.457 e. The third kappa shape index (κ3) is 4.12. The van der Waals surface area contributed by atoms with Gasteiger partial charge in [0, 0.05) is 5.56 Å². The number of amides is 2. The first-order chi connectivity index (χ1) is 11.8. The van der Waals surface area contributed by atoms with Gasteiger partial charge in [0.25, 0.3) is 11.1 Å². The van der Waals surface area contributed by atoms with E-state index in [-0.39, 0.29) is 16.6 Å². The zero-order valence-electron chi connectivity index (χ0n) is 14.3. The second kappa shape index (κ2) is 6.76. The smallest absolute Gasteiger partial charge is 0.290 e. The molecule has 2 amide bonds. The monoisotopic (exact) mass is 353 g/mol. The van der Waals surface area contributed by atoms with E-state index in [1.54, 1.807) is 6.08 Å². The van der Waals surface area contributed by atoms with Gasteiger partial charge in [0.15, 0.2) is 0 Å². The fourth-order valence-corrected chi connectivity index (χ4v) is 3.08. The summed E-state index contributed by atoms with van der Waals surface area (Å²) in [5, 5.41) is 1.90. The fourth-order valence-electron chi connectivity index (χ4n) is 2.40. The van der Waals surface area contributed by atoms with Crippen LogP contribution < -0.4 is 10.1 Å². The number of nitrogens with one attached hydrogen (secondary N) is 1. The SMILES string of the molecule is CC(C)(C)c1ccc(Oc2ccccc2/C=C2/SC(=O)NC2=O)cc1. The maximum atomic E-state index is 11.7. The third-order valence-electron chi connectivity index (χ3n) is 3.80. The minimum Gasteiger partial charge on any atom is -0.457 e. The Labute approximate surface area is 151 Å². The summed E-state index contributed by atoms with van der Waals surface area (Å²) in [6.07, 6.45) is 1.67. The van der Waals surface area contributed by atoms with Gasteiger partial charge in [-0.1, -0.05) is 51.1 Å². The van der Waals surface area contributed by atoms with Gasteiger partial charge in [-0.25, -0.2) is 0 Å². The summed E-state index contributed by atoms with van der Waals surface area (Å²) in [5.74, 6) is 0.976. The Morgan fingerprint density at radius 3 is 2.28 bits per heavy atom. The summed E-state index contributed by atoms with van der Waals surface area (Å²) in [6, 6.07) is 15.4. The van der Waals surface area contributed by atoms with Gasteiger partial charge in [0.05, 0.1) is 4.91 Å². The van der Waals surface area contributed by atoms with Gasteiger partial charge in [-0.2, -0.15) is 0 Å². The lowest BCUT2D eigenvalue weighted by molar-refractivity contribution is -0.115. The molecule has 128 valence electrons. The maximum Gasteiger partial charge on any atom is 0.290 e. The van der Waals surface area contributed by atoms with Crippen molar-refractivity contribution in [1.29, 1.82) is 0 Å². The Balaban J connectivity index is 1.86. The van der Waals surface area contributed by atoms with E-state index >= 15 is 0 Å². The molecule has 0 unspecified atom stereocenters. The van der Waals surface area contributed by atoms with Gasteiger partial charge in [-0.05, 0) is 47.0 Å². The second-order valence-corrected chi connectivity index (χ2v) is 7.78. The number of thioether (sulfide) groups is 1. The molecule has 5 heteroatoms. The van der Waals surface area contributed by atoms with E-state index in [1.165, 1.54) is 5.56 Å². The van der Waals surface area contributed by atoms with E-state index in [0.717, 1.165) is 23.1 Å². The first-order valence-corrected chi connectivity index (χ1v) is 8.77. The van der Waals surface area contributed by atoms with Crippen molar-refractivity contribution in [2.75, 3.05) is 0 Å². The summed E-state index contributed by atoms with van der Waals surface area (Å²) < 4.78 is 5.98. The zero-order chi connectivity index (χ0) is 18.0. The number of benzene rings is 2. The zero-order valence-corrected chi connectivity index (χ0v) is 15.1. The third-order valence-corrected chi connectivity index (χ3v) is 4.61. The second-order valence-electron chi connectivity index (χ2n) is 6.77. The van der Waals surface area contributed by atoms with Crippen LogP contribution >= 0.6 is 11.8 Å². The molecule has 1 N–H and O–H groups in total. The molecule has 1 saturated heterocycles. The number of para-hydroxylation sites is 1. The van der Waals surface area contributed by atoms with Crippen molar-refractivity contribution in [3.8, 4) is 11.5 Å². The number of hydrogen-bond donors (Lipinski definition) is 1. The Kier molecular flexibility index (Phi) is 4.68. The highest BCUT2D eigenvalue weighted by Crippen LogP contribution is 2.32. The molecule has 0 saturated carbocycles. The van der Waals surface area contributed by atoms with Crippen molar-refractivity contribution in [3.63, 3.8) is 0 Å². The van der Waals surface area contributed by atoms with Crippen LogP contribution in [0, 0.1) is 0 Å². The van der Waals surface area contributed by atoms with Crippen LogP contribution in [-0.4, -0.2) is 11.1 Å². The van der Waals surface area contributed by atoms with Gasteiger partial charge in [0.1, 0.15) is 11.5 Å². The maximum absolute atomic E-state index is 11.7. The lowest BCUT2D eigenvalue weighted by Gasteiger charge is -2.19. The minimum absolute atomic E-state index is 0.0838. The van der Waals surface area contributed by atoms with Crippen LogP contribution in [0.4, 0.5) is 4.79 Å². The highest BCUT2D eigenvalue weighted by Gasteiger charge is 2.25. The first kappa shape index (κ1) is 17.3. The van der Waals surface area contributed by atoms with E-state index in [4.69, 9.17) is 4.74 Å². The average molecular weight is 353 g/mol. The molecule has 0 bridgehead atoms. The summed E-state index contributed by atoms with van der Waals surface area (Å²) in [7, 11) is 0. The molecule has 1 fully saturated rings. The topological polar surface area (TPSA) is 55.4 Å². The van der Waals surface area contributed by atoms with E-state index < -0.39 is 0 Å². The molecule has 0 aromatic heterocycles. The predicted octanol–water partition coefficient (Wildman–Crippen LogP) is 5.10. The number of carbonyl (C=O) groups excluding carboxylic acids is 2. The molecule has 4 nitrogen and oxygen atoms in total. The number of imide groups is 1. The number of carbonyl (C=O) groups is 2.